The minimum Gasteiger partial charge on any atom is -0.497 e. The number of amides is 1. The minimum atomic E-state index is -0.701. The van der Waals surface area contributed by atoms with Crippen molar-refractivity contribution in [3.63, 3.8) is 0 Å². The lowest BCUT2D eigenvalue weighted by atomic mass is 9.84. The molecule has 8 nitrogen and oxygen atoms in total. The average Bonchev–Trinajstić information content (AvgIpc) is 2.86. The Balaban J connectivity index is 2.02. The van der Waals surface area contributed by atoms with Crippen LogP contribution < -0.4 is 15.4 Å². The topological polar surface area (TPSA) is 103 Å². The summed E-state index contributed by atoms with van der Waals surface area (Å²) < 4.78 is 15.7. The molecule has 8 heteroatoms. The molecular weight excluding hydrogens is 472 g/mol. The lowest BCUT2D eigenvalue weighted by molar-refractivity contribution is -0.136. The monoisotopic (exact) mass is 506 g/mol. The predicted octanol–water partition coefficient (Wildman–Crippen LogP) is 5.29. The SMILES string of the molecule is COC(=O)C1=CC=CC(CC(C(=O)c2ccc(C)cc2)c2ccc(OC)cc2NC(=O)OC(C)(C)C)N1. The Labute approximate surface area is 217 Å². The van der Waals surface area contributed by atoms with Crippen molar-refractivity contribution in [3.05, 3.63) is 83.1 Å². The van der Waals surface area contributed by atoms with Gasteiger partial charge in [-0.2, -0.15) is 0 Å². The van der Waals surface area contributed by atoms with Gasteiger partial charge in [0.25, 0.3) is 0 Å². The van der Waals surface area contributed by atoms with Gasteiger partial charge < -0.3 is 19.5 Å². The average molecular weight is 507 g/mol. The Morgan fingerprint density at radius 3 is 2.38 bits per heavy atom. The van der Waals surface area contributed by atoms with E-state index in [1.165, 1.54) is 14.2 Å². The van der Waals surface area contributed by atoms with E-state index in [-0.39, 0.29) is 11.8 Å². The van der Waals surface area contributed by atoms with E-state index in [4.69, 9.17) is 14.2 Å². The fraction of sp³-hybridized carbons (Fsp3) is 0.345. The van der Waals surface area contributed by atoms with E-state index < -0.39 is 23.6 Å². The second-order valence-electron chi connectivity index (χ2n) is 9.81. The van der Waals surface area contributed by atoms with E-state index in [1.807, 2.05) is 25.1 Å². The molecule has 0 radical (unpaired) electrons. The van der Waals surface area contributed by atoms with Crippen LogP contribution in [0.2, 0.25) is 0 Å². The van der Waals surface area contributed by atoms with Gasteiger partial charge in [0.05, 0.1) is 25.8 Å². The molecule has 0 saturated heterocycles. The highest BCUT2D eigenvalue weighted by atomic mass is 16.6. The van der Waals surface area contributed by atoms with Gasteiger partial charge in [-0.1, -0.05) is 48.0 Å². The third-order valence-corrected chi connectivity index (χ3v) is 5.77. The van der Waals surface area contributed by atoms with Crippen LogP contribution in [0.25, 0.3) is 0 Å². The van der Waals surface area contributed by atoms with Crippen molar-refractivity contribution >= 4 is 23.5 Å². The maximum atomic E-state index is 13.9. The number of allylic oxidation sites excluding steroid dienone is 2. The molecule has 0 spiro atoms. The molecule has 0 aliphatic carbocycles. The number of rotatable bonds is 8. The van der Waals surface area contributed by atoms with Crippen LogP contribution in [0, 0.1) is 6.92 Å². The summed E-state index contributed by atoms with van der Waals surface area (Å²) in [6.45, 7) is 7.28. The van der Waals surface area contributed by atoms with Crippen molar-refractivity contribution < 1.29 is 28.6 Å². The predicted molar refractivity (Wildman–Crippen MR) is 142 cm³/mol. The number of carbonyl (C=O) groups is 3. The molecule has 2 atom stereocenters. The molecule has 196 valence electrons. The smallest absolute Gasteiger partial charge is 0.412 e. The zero-order chi connectivity index (χ0) is 27.2. The lowest BCUT2D eigenvalue weighted by Crippen LogP contribution is -2.35. The molecule has 2 unspecified atom stereocenters. The number of Topliss-reactive ketones (excluding diaryl/α,β-unsaturated/α-hetero) is 1. The number of hydrogen-bond donors (Lipinski definition) is 2. The van der Waals surface area contributed by atoms with Gasteiger partial charge in [0, 0.05) is 17.7 Å². The van der Waals surface area contributed by atoms with Crippen LogP contribution in [0.3, 0.4) is 0 Å². The van der Waals surface area contributed by atoms with Gasteiger partial charge in [-0.3, -0.25) is 10.1 Å². The molecule has 1 heterocycles. The first kappa shape index (κ1) is 27.5. The molecule has 37 heavy (non-hydrogen) atoms. The molecule has 1 aliphatic heterocycles. The quantitative estimate of drug-likeness (QED) is 0.370. The summed E-state index contributed by atoms with van der Waals surface area (Å²) in [5, 5.41) is 5.94. The first-order chi connectivity index (χ1) is 17.5. The lowest BCUT2D eigenvalue weighted by Gasteiger charge is -2.27. The van der Waals surface area contributed by atoms with Crippen LogP contribution in [0.1, 0.15) is 54.6 Å². The Hall–Kier alpha value is -4.07. The molecule has 0 bridgehead atoms. The molecule has 2 N–H and O–H groups in total. The summed E-state index contributed by atoms with van der Waals surface area (Å²) in [4.78, 5) is 38.7. The normalized spacial score (nSPS) is 15.6. The summed E-state index contributed by atoms with van der Waals surface area (Å²) >= 11 is 0. The van der Waals surface area contributed by atoms with Crippen molar-refractivity contribution in [2.24, 2.45) is 0 Å². The second kappa shape index (κ2) is 11.8. The summed E-state index contributed by atoms with van der Waals surface area (Å²) in [5.41, 5.74) is 2.18. The van der Waals surface area contributed by atoms with Crippen LogP contribution in [0.5, 0.6) is 5.75 Å². The van der Waals surface area contributed by atoms with E-state index in [1.54, 1.807) is 63.3 Å². The molecule has 0 saturated carbocycles. The molecule has 1 amide bonds. The zero-order valence-electron chi connectivity index (χ0n) is 22.1. The number of esters is 1. The highest BCUT2D eigenvalue weighted by Crippen LogP contribution is 2.35. The van der Waals surface area contributed by atoms with Gasteiger partial charge in [-0.25, -0.2) is 9.59 Å². The van der Waals surface area contributed by atoms with E-state index in [0.717, 1.165) is 5.56 Å². The highest BCUT2D eigenvalue weighted by molar-refractivity contribution is 6.02. The number of benzene rings is 2. The minimum absolute atomic E-state index is 0.123. The molecule has 0 fully saturated rings. The van der Waals surface area contributed by atoms with Gasteiger partial charge in [0.2, 0.25) is 0 Å². The summed E-state index contributed by atoms with van der Waals surface area (Å²) in [6, 6.07) is 12.2. The number of hydrogen-bond acceptors (Lipinski definition) is 7. The van der Waals surface area contributed by atoms with Crippen LogP contribution in [-0.4, -0.2) is 43.7 Å². The second-order valence-corrected chi connectivity index (χ2v) is 9.81. The number of aryl methyl sites for hydroxylation is 1. The first-order valence-electron chi connectivity index (χ1n) is 12.0. The number of ketones is 1. The van der Waals surface area contributed by atoms with E-state index in [0.29, 0.717) is 34.7 Å². The molecule has 0 aromatic heterocycles. The van der Waals surface area contributed by atoms with Crippen molar-refractivity contribution in [1.82, 2.24) is 5.32 Å². The maximum Gasteiger partial charge on any atom is 0.412 e. The molecule has 2 aromatic carbocycles. The summed E-state index contributed by atoms with van der Waals surface area (Å²) in [6.07, 6.45) is 4.94. The van der Waals surface area contributed by atoms with Crippen molar-refractivity contribution in [1.29, 1.82) is 0 Å². The fourth-order valence-corrected chi connectivity index (χ4v) is 3.99. The van der Waals surface area contributed by atoms with Gasteiger partial charge >= 0.3 is 12.1 Å². The number of methoxy groups -OCH3 is 2. The maximum absolute atomic E-state index is 13.9. The summed E-state index contributed by atoms with van der Waals surface area (Å²) in [5.74, 6) is -0.769. The Morgan fingerprint density at radius 2 is 1.76 bits per heavy atom. The van der Waals surface area contributed by atoms with E-state index >= 15 is 0 Å². The number of ether oxygens (including phenoxy) is 3. The number of nitrogens with one attached hydrogen (secondary N) is 2. The fourth-order valence-electron chi connectivity index (χ4n) is 3.99. The molecular formula is C29H34N2O6. The first-order valence-corrected chi connectivity index (χ1v) is 12.0. The van der Waals surface area contributed by atoms with Crippen LogP contribution in [0.15, 0.2) is 66.4 Å². The number of carbonyl (C=O) groups excluding carboxylic acids is 3. The van der Waals surface area contributed by atoms with Gasteiger partial charge in [0.1, 0.15) is 17.0 Å². The van der Waals surface area contributed by atoms with Crippen LogP contribution in [-0.2, 0) is 14.3 Å². The van der Waals surface area contributed by atoms with Crippen molar-refractivity contribution in [3.8, 4) is 5.75 Å². The Bertz CT molecular complexity index is 1210. The van der Waals surface area contributed by atoms with Gasteiger partial charge in [-0.15, -0.1) is 0 Å². The van der Waals surface area contributed by atoms with E-state index in [9.17, 15) is 14.4 Å². The van der Waals surface area contributed by atoms with Gasteiger partial charge in [0.15, 0.2) is 5.78 Å². The van der Waals surface area contributed by atoms with Crippen molar-refractivity contribution in [2.45, 2.75) is 51.7 Å². The third-order valence-electron chi connectivity index (χ3n) is 5.77. The van der Waals surface area contributed by atoms with Crippen molar-refractivity contribution in [2.75, 3.05) is 19.5 Å². The molecule has 3 rings (SSSR count). The number of dihydropyridines is 1. The van der Waals surface area contributed by atoms with Crippen LogP contribution >= 0.6 is 0 Å². The summed E-state index contributed by atoms with van der Waals surface area (Å²) in [7, 11) is 2.84. The standard InChI is InChI=1S/C29H34N2O6/c1-18-10-12-19(13-11-18)26(32)23(16-20-8-7-9-24(30-20)27(33)36-6)22-15-14-21(35-5)17-25(22)31-28(34)37-29(2,3)4/h7-15,17,20,23,30H,16H2,1-6H3,(H,31,34). The molecule has 1 aliphatic rings. The van der Waals surface area contributed by atoms with E-state index in [2.05, 4.69) is 10.6 Å². The zero-order valence-corrected chi connectivity index (χ0v) is 22.1. The Morgan fingerprint density at radius 1 is 1.05 bits per heavy atom. The Kier molecular flexibility index (Phi) is 8.76. The highest BCUT2D eigenvalue weighted by Gasteiger charge is 2.30. The largest absolute Gasteiger partial charge is 0.497 e. The molecule has 2 aromatic rings. The third kappa shape index (κ3) is 7.46. The van der Waals surface area contributed by atoms with Crippen LogP contribution in [0.4, 0.5) is 10.5 Å². The number of anilines is 1. The van der Waals surface area contributed by atoms with Gasteiger partial charge in [-0.05, 0) is 51.8 Å².